The Labute approximate surface area is 213 Å². The predicted molar refractivity (Wildman–Crippen MR) is 149 cm³/mol. The van der Waals surface area contributed by atoms with Crippen LogP contribution in [0.4, 0.5) is 0 Å². The molecule has 0 saturated heterocycles. The first kappa shape index (κ1) is 30.4. The summed E-state index contributed by atoms with van der Waals surface area (Å²) in [5, 5.41) is 3.07. The van der Waals surface area contributed by atoms with Crippen LogP contribution in [0.3, 0.4) is 0 Å². The van der Waals surface area contributed by atoms with Crippen molar-refractivity contribution in [1.82, 2.24) is 4.98 Å². The van der Waals surface area contributed by atoms with Gasteiger partial charge in [-0.3, -0.25) is 4.79 Å². The van der Waals surface area contributed by atoms with E-state index in [9.17, 15) is 4.79 Å². The van der Waals surface area contributed by atoms with Gasteiger partial charge in [0, 0.05) is 18.7 Å². The van der Waals surface area contributed by atoms with E-state index in [2.05, 4.69) is 65.3 Å². The second-order valence-corrected chi connectivity index (χ2v) is 12.0. The van der Waals surface area contributed by atoms with Crippen molar-refractivity contribution in [3.63, 3.8) is 0 Å². The highest BCUT2D eigenvalue weighted by molar-refractivity contribution is 7.09. The van der Waals surface area contributed by atoms with E-state index < -0.39 is 0 Å². The zero-order valence-electron chi connectivity index (χ0n) is 23.2. The number of hydrogen-bond donors (Lipinski definition) is 0. The summed E-state index contributed by atoms with van der Waals surface area (Å²) >= 11 is 1.63. The Morgan fingerprint density at radius 2 is 1.88 bits per heavy atom. The van der Waals surface area contributed by atoms with Crippen LogP contribution in [0.1, 0.15) is 105 Å². The summed E-state index contributed by atoms with van der Waals surface area (Å²) in [5.74, 6) is 1.85. The molecule has 0 amide bonds. The Morgan fingerprint density at radius 3 is 2.44 bits per heavy atom. The molecule has 0 radical (unpaired) electrons. The highest BCUT2D eigenvalue weighted by Gasteiger charge is 2.31. The molecule has 1 heterocycles. The zero-order chi connectivity index (χ0) is 25.9. The maximum atomic E-state index is 11.6. The molecule has 0 bridgehead atoms. The molecule has 0 unspecified atom stereocenters. The maximum Gasteiger partial charge on any atom is 0.303 e. The number of ether oxygens (including phenoxy) is 1. The molecular formula is C30H49NO2S. The SMILES string of the molecule is C=CCC(C)(C)[C@H](C)[C@H](C)[C@@H](C)CCCC/C(C)=C\C[C@@H](OC(C)=O)/C(C)=C/c1csc(C)n1. The monoisotopic (exact) mass is 487 g/mol. The van der Waals surface area contributed by atoms with Crippen molar-refractivity contribution in [1.29, 1.82) is 0 Å². The minimum absolute atomic E-state index is 0.240. The van der Waals surface area contributed by atoms with Crippen LogP contribution in [-0.2, 0) is 9.53 Å². The summed E-state index contributed by atoms with van der Waals surface area (Å²) in [5.41, 5.74) is 3.64. The lowest BCUT2D eigenvalue weighted by Crippen LogP contribution is -2.30. The highest BCUT2D eigenvalue weighted by Crippen LogP contribution is 2.39. The first-order chi connectivity index (χ1) is 15.9. The van der Waals surface area contributed by atoms with Crippen molar-refractivity contribution in [3.05, 3.63) is 46.0 Å². The topological polar surface area (TPSA) is 39.2 Å². The van der Waals surface area contributed by atoms with Crippen molar-refractivity contribution >= 4 is 23.4 Å². The molecule has 0 aromatic carbocycles. The predicted octanol–water partition coefficient (Wildman–Crippen LogP) is 9.19. The number of esters is 1. The zero-order valence-corrected chi connectivity index (χ0v) is 24.1. The lowest BCUT2D eigenvalue weighted by molar-refractivity contribution is -0.144. The van der Waals surface area contributed by atoms with E-state index in [1.54, 1.807) is 11.3 Å². The third-order valence-electron chi connectivity index (χ3n) is 7.58. The Morgan fingerprint density at radius 1 is 1.21 bits per heavy atom. The minimum Gasteiger partial charge on any atom is -0.458 e. The van der Waals surface area contributed by atoms with Gasteiger partial charge < -0.3 is 4.74 Å². The van der Waals surface area contributed by atoms with Gasteiger partial charge in [-0.05, 0) is 74.9 Å². The second-order valence-electron chi connectivity index (χ2n) is 10.9. The molecule has 4 heteroatoms. The number of thiazole rings is 1. The fraction of sp³-hybridized carbons (Fsp3) is 0.667. The van der Waals surface area contributed by atoms with Crippen LogP contribution >= 0.6 is 11.3 Å². The van der Waals surface area contributed by atoms with Gasteiger partial charge in [-0.1, -0.05) is 65.2 Å². The van der Waals surface area contributed by atoms with Gasteiger partial charge in [-0.25, -0.2) is 4.98 Å². The van der Waals surface area contributed by atoms with Crippen molar-refractivity contribution in [2.45, 2.75) is 107 Å². The molecule has 0 saturated carbocycles. The highest BCUT2D eigenvalue weighted by atomic mass is 32.1. The lowest BCUT2D eigenvalue weighted by atomic mass is 9.67. The van der Waals surface area contributed by atoms with E-state index in [1.807, 2.05) is 25.3 Å². The molecule has 1 rings (SSSR count). The van der Waals surface area contributed by atoms with Crippen molar-refractivity contribution in [2.24, 2.45) is 23.2 Å². The van der Waals surface area contributed by atoms with E-state index in [-0.39, 0.29) is 12.1 Å². The van der Waals surface area contributed by atoms with Crippen LogP contribution in [-0.4, -0.2) is 17.1 Å². The molecule has 1 aromatic rings. The molecule has 4 atom stereocenters. The largest absolute Gasteiger partial charge is 0.458 e. The smallest absolute Gasteiger partial charge is 0.303 e. The van der Waals surface area contributed by atoms with Crippen LogP contribution in [0.5, 0.6) is 0 Å². The van der Waals surface area contributed by atoms with E-state index in [0.29, 0.717) is 23.7 Å². The molecule has 0 fully saturated rings. The summed E-state index contributed by atoms with van der Waals surface area (Å²) in [6.07, 6.45) is 12.7. The molecule has 1 aromatic heterocycles. The third kappa shape index (κ3) is 10.7. The molecular weight excluding hydrogens is 438 g/mol. The number of carbonyl (C=O) groups is 1. The van der Waals surface area contributed by atoms with Gasteiger partial charge in [0.15, 0.2) is 0 Å². The van der Waals surface area contributed by atoms with Gasteiger partial charge in [0.25, 0.3) is 0 Å². The van der Waals surface area contributed by atoms with Gasteiger partial charge >= 0.3 is 5.97 Å². The Bertz CT molecular complexity index is 833. The van der Waals surface area contributed by atoms with E-state index in [0.717, 1.165) is 35.0 Å². The van der Waals surface area contributed by atoms with Crippen LogP contribution in [0.15, 0.2) is 35.3 Å². The summed E-state index contributed by atoms with van der Waals surface area (Å²) in [6, 6.07) is 0. The molecule has 3 nitrogen and oxygen atoms in total. The number of hydrogen-bond acceptors (Lipinski definition) is 4. The van der Waals surface area contributed by atoms with E-state index in [1.165, 1.54) is 31.8 Å². The Balaban J connectivity index is 2.56. The number of allylic oxidation sites excluding steroid dienone is 2. The van der Waals surface area contributed by atoms with Gasteiger partial charge in [0.1, 0.15) is 6.10 Å². The van der Waals surface area contributed by atoms with Crippen LogP contribution in [0.25, 0.3) is 6.08 Å². The molecule has 0 aliphatic rings. The third-order valence-corrected chi connectivity index (χ3v) is 8.37. The fourth-order valence-corrected chi connectivity index (χ4v) is 5.18. The molecule has 34 heavy (non-hydrogen) atoms. The van der Waals surface area contributed by atoms with Crippen LogP contribution in [0.2, 0.25) is 0 Å². The van der Waals surface area contributed by atoms with E-state index in [4.69, 9.17) is 4.74 Å². The van der Waals surface area contributed by atoms with Gasteiger partial charge in [0.05, 0.1) is 10.7 Å². The minimum atomic E-state index is -0.244. The summed E-state index contributed by atoms with van der Waals surface area (Å²) in [6.45, 7) is 23.6. The van der Waals surface area contributed by atoms with Gasteiger partial charge in [-0.15, -0.1) is 17.9 Å². The van der Waals surface area contributed by atoms with Gasteiger partial charge in [0.2, 0.25) is 0 Å². The quantitative estimate of drug-likeness (QED) is 0.141. The second kappa shape index (κ2) is 14.7. The standard InChI is InChI=1S/C30H49NO2S/c1-11-18-30(9,10)25(6)24(5)22(3)15-13-12-14-21(2)16-17-29(33-27(8)32)23(4)19-28-20-34-26(7)31-28/h11,16,19-20,22,24-25,29H,1,12-15,17-18H2,2-10H3/b21-16-,23-19+/t22-,24+,25+,29+/m0/s1. The normalized spacial score (nSPS) is 16.6. The van der Waals surface area contributed by atoms with Gasteiger partial charge in [-0.2, -0.15) is 0 Å². The fourth-order valence-electron chi connectivity index (χ4n) is 4.61. The van der Waals surface area contributed by atoms with Crippen LogP contribution in [0, 0.1) is 30.1 Å². The number of nitrogens with zero attached hydrogens (tertiary/aromatic N) is 1. The summed E-state index contributed by atoms with van der Waals surface area (Å²) in [4.78, 5) is 16.1. The van der Waals surface area contributed by atoms with Crippen molar-refractivity contribution < 1.29 is 9.53 Å². The lowest BCUT2D eigenvalue weighted by Gasteiger charge is -2.38. The number of aromatic nitrogens is 1. The average Bonchev–Trinajstić information content (AvgIpc) is 3.16. The molecule has 0 spiro atoms. The number of rotatable bonds is 15. The van der Waals surface area contributed by atoms with Crippen molar-refractivity contribution in [3.8, 4) is 0 Å². The average molecular weight is 488 g/mol. The summed E-state index contributed by atoms with van der Waals surface area (Å²) in [7, 11) is 0. The number of carbonyl (C=O) groups excluding carboxylic acids is 1. The first-order valence-corrected chi connectivity index (χ1v) is 13.8. The van der Waals surface area contributed by atoms with Crippen molar-refractivity contribution in [2.75, 3.05) is 0 Å². The molecule has 192 valence electrons. The Hall–Kier alpha value is -1.68. The number of aryl methyl sites for hydroxylation is 1. The van der Waals surface area contributed by atoms with E-state index >= 15 is 0 Å². The van der Waals surface area contributed by atoms with Crippen LogP contribution < -0.4 is 0 Å². The molecule has 0 aliphatic heterocycles. The molecule has 0 N–H and O–H groups in total. The Kier molecular flexibility index (Phi) is 13.1. The maximum absolute atomic E-state index is 11.6. The molecule has 0 aliphatic carbocycles. The summed E-state index contributed by atoms with van der Waals surface area (Å²) < 4.78 is 5.61. The number of unbranched alkanes of at least 4 members (excludes halogenated alkanes) is 1. The first-order valence-electron chi connectivity index (χ1n) is 12.9.